The highest BCUT2D eigenvalue weighted by Crippen LogP contribution is 2.58. The van der Waals surface area contributed by atoms with E-state index in [4.69, 9.17) is 13.1 Å². The molecule has 13 rings (SSSR count). The first kappa shape index (κ1) is 91.7. The minimum absolute atomic E-state index is 0.0540. The number of unbranched alkanes of at least 4 members (excludes halogenated alkanes) is 20. The van der Waals surface area contributed by atoms with Crippen molar-refractivity contribution in [1.29, 1.82) is 10.5 Å². The van der Waals surface area contributed by atoms with Gasteiger partial charge in [0.1, 0.15) is 0 Å². The van der Waals surface area contributed by atoms with Crippen molar-refractivity contribution in [3.63, 3.8) is 0 Å². The van der Waals surface area contributed by atoms with Gasteiger partial charge in [0.25, 0.3) is 11.4 Å². The Kier molecular flexibility index (Phi) is 34.4. The average molecular weight is 1760 g/mol. The van der Waals surface area contributed by atoms with Crippen molar-refractivity contribution in [2.24, 2.45) is 11.8 Å². The Bertz CT molecular complexity index is 5320. The molecule has 2 atom stereocenters. The lowest BCUT2D eigenvalue weighted by atomic mass is 9.92. The van der Waals surface area contributed by atoms with Crippen molar-refractivity contribution in [2.45, 2.75) is 299 Å². The van der Waals surface area contributed by atoms with Gasteiger partial charge in [0.05, 0.1) is 25.3 Å². The zero-order valence-corrected chi connectivity index (χ0v) is 80.0. The summed E-state index contributed by atoms with van der Waals surface area (Å²) in [6.45, 7) is 34.8. The lowest BCUT2D eigenvalue weighted by molar-refractivity contribution is 0.103. The molecule has 0 aliphatic heterocycles. The number of allylic oxidation sites excluding steroid dienone is 6. The Hall–Kier alpha value is -7.96. The van der Waals surface area contributed by atoms with Gasteiger partial charge in [-0.15, -0.1) is 90.7 Å². The Morgan fingerprint density at radius 3 is 1.02 bits per heavy atom. The fourth-order valence-corrected chi connectivity index (χ4v) is 28.6. The van der Waals surface area contributed by atoms with Crippen molar-refractivity contribution < 1.29 is 9.59 Å². The van der Waals surface area contributed by atoms with E-state index >= 15 is 0 Å². The van der Waals surface area contributed by atoms with Crippen molar-refractivity contribution >= 4 is 146 Å². The number of fused-ring (bicyclic) bond motifs is 4. The van der Waals surface area contributed by atoms with Gasteiger partial charge in [-0.2, -0.15) is 0 Å². The molecule has 8 heterocycles. The van der Waals surface area contributed by atoms with Gasteiger partial charge in [0.15, 0.2) is 11.6 Å². The summed E-state index contributed by atoms with van der Waals surface area (Å²) in [5, 5.41) is 23.5. The van der Waals surface area contributed by atoms with Gasteiger partial charge < -0.3 is 0 Å². The molecule has 0 bridgehead atoms. The third kappa shape index (κ3) is 21.7. The Morgan fingerprint density at radius 1 is 0.352 bits per heavy atom. The van der Waals surface area contributed by atoms with Crippen molar-refractivity contribution in [3.05, 3.63) is 219 Å². The first-order valence-electron chi connectivity index (χ1n) is 46.3. The number of thiophene rings is 8. The monoisotopic (exact) mass is 1760 g/mol. The lowest BCUT2D eigenvalue weighted by Gasteiger charge is -2.16. The second-order valence-electron chi connectivity index (χ2n) is 34.1. The summed E-state index contributed by atoms with van der Waals surface area (Å²) in [5.41, 5.74) is 12.2. The highest BCUT2D eigenvalue weighted by molar-refractivity contribution is 7.31. The number of nitriles is 2. The molecule has 0 N–H and O–H groups in total. The second kappa shape index (κ2) is 45.8. The average Bonchev–Trinajstić information content (AvgIpc) is 1.55. The third-order valence-corrected chi connectivity index (χ3v) is 34.8. The molecule has 11 aromatic rings. The molecular formula is C108H122N4O2S8. The molecule has 14 heteroatoms. The molecule has 0 amide bonds. The molecule has 0 saturated heterocycles. The summed E-state index contributed by atoms with van der Waals surface area (Å²) in [6, 6.07) is 44.3. The van der Waals surface area contributed by atoms with Crippen LogP contribution < -0.4 is 0 Å². The van der Waals surface area contributed by atoms with Crippen LogP contribution in [0.5, 0.6) is 0 Å². The Morgan fingerprint density at radius 2 is 0.672 bits per heavy atom. The smallest absolute Gasteiger partial charge is 0.270 e. The van der Waals surface area contributed by atoms with E-state index in [0.29, 0.717) is 56.4 Å². The summed E-state index contributed by atoms with van der Waals surface area (Å²) < 4.78 is 2.73. The molecule has 3 aromatic carbocycles. The number of hydrogen-bond acceptors (Lipinski definition) is 12. The van der Waals surface area contributed by atoms with Gasteiger partial charge in [0, 0.05) is 133 Å². The maximum absolute atomic E-state index is 14.6. The molecular weight excluding hydrogens is 1640 g/mol. The number of rotatable bonds is 48. The fourth-order valence-electron chi connectivity index (χ4n) is 18.3. The second-order valence-corrected chi connectivity index (χ2v) is 42.8. The van der Waals surface area contributed by atoms with Gasteiger partial charge in [0.2, 0.25) is 0 Å². The van der Waals surface area contributed by atoms with Crippen LogP contribution in [0.3, 0.4) is 0 Å². The SMILES string of the molecule is [C-]#[N+]C(C#N)=C1/C(=C/c2cc(CCCCCC)c(-c3cc(CCCCCC)c(-c4cc5c(-c6ccc(CC(CCCC)CCCCCC)s6)c6sc(-c7sc(-c8sc(/C=C9\C(=O)c%10ccccc%10\C9=C(\C#N)[N+]#[C-])cc8CCCCCC)cc7CCCCCC)cc6c(-c6ccc(CC(CCCC)CCCCCC)s6)c5s4)s3)s2)C(=O)c2ccccc21. The number of benzene rings is 3. The maximum atomic E-state index is 14.6. The molecule has 0 fully saturated rings. The minimum Gasteiger partial charge on any atom is -0.289 e. The molecule has 634 valence electrons. The standard InChI is InChI=1S/C108H122N4O2S8/c1-11-19-27-33-45-71(43-25-17-7)59-77-55-57-91(115-77)99-87-67-95(105-75(49-37-31-23-15-5)63-93(119-105)103-73(47-35-29-21-13-3)61-79(117-103)65-85-97(89(69-109)111-9)81-51-39-41-53-83(81)101(85)113)122-108(87)100(92-58-56-78(116-92)60-72(44-26-18-8)46-34-28-20-12-2)88-68-96(121-107(88)99)106-76(50-38-32-24-16-6)64-94(120-106)104-74(48-36-30-22-14-4)62-80(118-104)66-86-98(90(70-110)112-10)82-52-40-42-54-84(82)102(86)114/h39-42,51-58,61-68,71-72H,11-38,43-50,59-60H2,1-8H3/b85-65-,86-66-,97-89+,98-90?. The molecule has 0 radical (unpaired) electrons. The van der Waals surface area contributed by atoms with Crippen molar-refractivity contribution in [1.82, 2.24) is 0 Å². The summed E-state index contributed by atoms with van der Waals surface area (Å²) in [7, 11) is 0. The van der Waals surface area contributed by atoms with Crippen LogP contribution in [0.25, 0.3) is 113 Å². The van der Waals surface area contributed by atoms with Crippen LogP contribution in [0.2, 0.25) is 0 Å². The number of hydrogen-bond donors (Lipinski definition) is 0. The summed E-state index contributed by atoms with van der Waals surface area (Å²) >= 11 is 15.6. The zero-order chi connectivity index (χ0) is 85.4. The van der Waals surface area contributed by atoms with E-state index in [1.165, 1.54) is 266 Å². The zero-order valence-electron chi connectivity index (χ0n) is 73.4. The molecule has 8 aromatic heterocycles. The van der Waals surface area contributed by atoms with Gasteiger partial charge >= 0.3 is 0 Å². The maximum Gasteiger partial charge on any atom is 0.270 e. The van der Waals surface area contributed by atoms with Crippen molar-refractivity contribution in [3.8, 4) is 72.0 Å². The van der Waals surface area contributed by atoms with Crippen LogP contribution in [0.4, 0.5) is 0 Å². The molecule has 6 nitrogen and oxygen atoms in total. The van der Waals surface area contributed by atoms with Gasteiger partial charge in [-0.1, -0.05) is 284 Å². The summed E-state index contributed by atoms with van der Waals surface area (Å²) in [4.78, 5) is 54.6. The highest BCUT2D eigenvalue weighted by Gasteiger charge is 2.36. The third-order valence-electron chi connectivity index (χ3n) is 24.9. The van der Waals surface area contributed by atoms with E-state index in [9.17, 15) is 20.1 Å². The van der Waals surface area contributed by atoms with E-state index in [1.807, 2.05) is 106 Å². The van der Waals surface area contributed by atoms with E-state index in [-0.39, 0.29) is 23.0 Å². The molecule has 2 aliphatic carbocycles. The predicted molar refractivity (Wildman–Crippen MR) is 535 cm³/mol. The lowest BCUT2D eigenvalue weighted by Crippen LogP contribution is -2.04. The van der Waals surface area contributed by atoms with Gasteiger partial charge in [-0.3, -0.25) is 9.59 Å². The Balaban J connectivity index is 1.04. The van der Waals surface area contributed by atoms with Gasteiger partial charge in [-0.25, -0.2) is 20.2 Å². The van der Waals surface area contributed by atoms with E-state index in [0.717, 1.165) is 99.6 Å². The van der Waals surface area contributed by atoms with Crippen LogP contribution in [0.1, 0.15) is 334 Å². The normalized spacial score (nSPS) is 14.7. The topological polar surface area (TPSA) is 90.4 Å². The number of Topliss-reactive ketones (excluding diaryl/α,β-unsaturated/α-hetero) is 2. The Labute approximate surface area is 761 Å². The minimum atomic E-state index is -0.139. The van der Waals surface area contributed by atoms with Crippen molar-refractivity contribution in [2.75, 3.05) is 0 Å². The largest absolute Gasteiger partial charge is 0.289 e. The van der Waals surface area contributed by atoms with Crippen LogP contribution >= 0.6 is 90.7 Å². The van der Waals surface area contributed by atoms with E-state index in [1.54, 1.807) is 22.7 Å². The molecule has 2 aliphatic rings. The van der Waals surface area contributed by atoms with Crippen LogP contribution in [-0.4, -0.2) is 11.6 Å². The van der Waals surface area contributed by atoms with E-state index in [2.05, 4.69) is 161 Å². The number of carbonyl (C=O) groups excluding carboxylic acids is 2. The molecule has 122 heavy (non-hydrogen) atoms. The summed E-state index contributed by atoms with van der Waals surface area (Å²) in [5.74, 6) is 1.02. The number of nitrogens with zero attached hydrogens (tertiary/aromatic N) is 4. The quantitative estimate of drug-likeness (QED) is 0.0164. The van der Waals surface area contributed by atoms with E-state index < -0.39 is 0 Å². The fraction of sp³-hybridized carbons (Fsp3) is 0.444. The summed E-state index contributed by atoms with van der Waals surface area (Å²) in [6.07, 6.45) is 48.6. The predicted octanol–water partition coefficient (Wildman–Crippen LogP) is 36.5. The van der Waals surface area contributed by atoms with Crippen LogP contribution in [0, 0.1) is 47.6 Å². The molecule has 2 unspecified atom stereocenters. The number of carbonyl (C=O) groups is 2. The van der Waals surface area contributed by atoms with Gasteiger partial charge in [-0.05, 0) is 182 Å². The van der Waals surface area contributed by atoms with Crippen LogP contribution in [0.15, 0.2) is 132 Å². The van der Waals surface area contributed by atoms with Crippen LogP contribution in [-0.2, 0) is 38.5 Å². The first-order chi connectivity index (χ1) is 59.8. The number of ketones is 2. The molecule has 0 spiro atoms. The molecule has 0 saturated carbocycles. The highest BCUT2D eigenvalue weighted by atomic mass is 32.1. The first-order valence-corrected chi connectivity index (χ1v) is 52.9. The number of aryl methyl sites for hydroxylation is 4.